The van der Waals surface area contributed by atoms with Gasteiger partial charge in [0.05, 0.1) is 11.2 Å². The van der Waals surface area contributed by atoms with Crippen molar-refractivity contribution in [2.24, 2.45) is 5.73 Å². The summed E-state index contributed by atoms with van der Waals surface area (Å²) in [6.07, 6.45) is 1.20. The molecule has 84 valence electrons. The number of hydrogen-bond donors (Lipinski definition) is 1. The zero-order chi connectivity index (χ0) is 11.3. The zero-order valence-electron chi connectivity index (χ0n) is 9.14. The maximum Gasteiger partial charge on any atom is 0.269 e. The lowest BCUT2D eigenvalue weighted by atomic mass is 10.1. The Kier molecular flexibility index (Phi) is 1.80. The molecule has 1 amide bonds. The number of nitrogens with two attached hydrogens (primary N) is 1. The summed E-state index contributed by atoms with van der Waals surface area (Å²) in [5.74, 6) is 0.699. The standard InChI is InChI=1S/C12H14N2O2/c1-14-8-4-2-3-5-9(8)16-10(11(14)15)12(13)6-7-12/h2-5,10H,6-7,13H2,1H3. The lowest BCUT2D eigenvalue weighted by molar-refractivity contribution is -0.127. The van der Waals surface area contributed by atoms with E-state index in [1.54, 1.807) is 11.9 Å². The van der Waals surface area contributed by atoms with E-state index >= 15 is 0 Å². The number of benzene rings is 1. The molecule has 1 aromatic carbocycles. The zero-order valence-corrected chi connectivity index (χ0v) is 9.14. The molecule has 0 aromatic heterocycles. The van der Waals surface area contributed by atoms with Crippen molar-refractivity contribution in [3.05, 3.63) is 24.3 Å². The van der Waals surface area contributed by atoms with Crippen LogP contribution < -0.4 is 15.4 Å². The third kappa shape index (κ3) is 1.23. The van der Waals surface area contributed by atoms with E-state index in [0.717, 1.165) is 24.3 Å². The fraction of sp³-hybridized carbons (Fsp3) is 0.417. The third-order valence-electron chi connectivity index (χ3n) is 3.38. The molecule has 0 saturated heterocycles. The number of rotatable bonds is 1. The monoisotopic (exact) mass is 218 g/mol. The van der Waals surface area contributed by atoms with Crippen LogP contribution in [0.25, 0.3) is 0 Å². The summed E-state index contributed by atoms with van der Waals surface area (Å²) in [5.41, 5.74) is 6.43. The van der Waals surface area contributed by atoms with Crippen molar-refractivity contribution < 1.29 is 9.53 Å². The van der Waals surface area contributed by atoms with Crippen molar-refractivity contribution in [1.29, 1.82) is 0 Å². The first-order valence-corrected chi connectivity index (χ1v) is 5.44. The maximum absolute atomic E-state index is 12.1. The number of ether oxygens (including phenoxy) is 1. The average molecular weight is 218 g/mol. The Balaban J connectivity index is 2.02. The second-order valence-corrected chi connectivity index (χ2v) is 4.60. The normalized spacial score (nSPS) is 26.0. The summed E-state index contributed by atoms with van der Waals surface area (Å²) in [6.45, 7) is 0. The Morgan fingerprint density at radius 1 is 1.44 bits per heavy atom. The second-order valence-electron chi connectivity index (χ2n) is 4.60. The van der Waals surface area contributed by atoms with E-state index in [4.69, 9.17) is 10.5 Å². The number of fused-ring (bicyclic) bond motifs is 1. The summed E-state index contributed by atoms with van der Waals surface area (Å²) >= 11 is 0. The highest BCUT2D eigenvalue weighted by atomic mass is 16.5. The van der Waals surface area contributed by atoms with E-state index in [9.17, 15) is 4.79 Å². The van der Waals surface area contributed by atoms with Crippen LogP contribution in [0.1, 0.15) is 12.8 Å². The second kappa shape index (κ2) is 2.98. The molecule has 16 heavy (non-hydrogen) atoms. The molecule has 1 unspecified atom stereocenters. The van der Waals surface area contributed by atoms with Gasteiger partial charge in [0.2, 0.25) is 0 Å². The van der Waals surface area contributed by atoms with Crippen LogP contribution in [0.15, 0.2) is 24.3 Å². The molecule has 3 rings (SSSR count). The number of hydrogen-bond acceptors (Lipinski definition) is 3. The van der Waals surface area contributed by atoms with Crippen LogP contribution in [-0.2, 0) is 4.79 Å². The molecule has 1 heterocycles. The molecule has 4 heteroatoms. The highest BCUT2D eigenvalue weighted by Crippen LogP contribution is 2.43. The van der Waals surface area contributed by atoms with Gasteiger partial charge in [-0.3, -0.25) is 4.79 Å². The predicted octanol–water partition coefficient (Wildman–Crippen LogP) is 0.902. The number of likely N-dealkylation sites (N-methyl/N-ethyl adjacent to an activating group) is 1. The van der Waals surface area contributed by atoms with Gasteiger partial charge in [-0.1, -0.05) is 12.1 Å². The maximum atomic E-state index is 12.1. The van der Waals surface area contributed by atoms with Gasteiger partial charge in [-0.15, -0.1) is 0 Å². The van der Waals surface area contributed by atoms with Gasteiger partial charge in [0.25, 0.3) is 5.91 Å². The highest BCUT2D eigenvalue weighted by molar-refractivity contribution is 6.00. The van der Waals surface area contributed by atoms with Crippen molar-refractivity contribution in [3.63, 3.8) is 0 Å². The summed E-state index contributed by atoms with van der Waals surface area (Å²) in [7, 11) is 1.77. The van der Waals surface area contributed by atoms with Gasteiger partial charge in [-0.2, -0.15) is 0 Å². The molecule has 1 saturated carbocycles. The molecule has 4 nitrogen and oxygen atoms in total. The molecule has 1 fully saturated rings. The third-order valence-corrected chi connectivity index (χ3v) is 3.38. The average Bonchev–Trinajstić information content (AvgIpc) is 3.03. The fourth-order valence-electron chi connectivity index (χ4n) is 2.08. The lowest BCUT2D eigenvalue weighted by Crippen LogP contribution is -2.54. The number of para-hydroxylation sites is 2. The summed E-state index contributed by atoms with van der Waals surface area (Å²) in [4.78, 5) is 13.7. The Labute approximate surface area is 94.0 Å². The number of nitrogens with zero attached hydrogens (tertiary/aromatic N) is 1. The van der Waals surface area contributed by atoms with Gasteiger partial charge in [0.15, 0.2) is 6.10 Å². The minimum Gasteiger partial charge on any atom is -0.476 e. The van der Waals surface area contributed by atoms with E-state index in [1.807, 2.05) is 24.3 Å². The van der Waals surface area contributed by atoms with Crippen LogP contribution in [0, 0.1) is 0 Å². The first kappa shape index (κ1) is 9.66. The van der Waals surface area contributed by atoms with Crippen LogP contribution in [0.2, 0.25) is 0 Å². The molecule has 1 aliphatic carbocycles. The van der Waals surface area contributed by atoms with E-state index in [2.05, 4.69) is 0 Å². The summed E-state index contributed by atoms with van der Waals surface area (Å²) in [5, 5.41) is 0. The summed E-state index contributed by atoms with van der Waals surface area (Å²) < 4.78 is 5.73. The summed E-state index contributed by atoms with van der Waals surface area (Å²) in [6, 6.07) is 7.54. The van der Waals surface area contributed by atoms with Gasteiger partial charge in [0.1, 0.15) is 5.75 Å². The van der Waals surface area contributed by atoms with Crippen molar-refractivity contribution >= 4 is 11.6 Å². The van der Waals surface area contributed by atoms with Gasteiger partial charge in [-0.05, 0) is 25.0 Å². The van der Waals surface area contributed by atoms with Crippen molar-refractivity contribution in [2.45, 2.75) is 24.5 Å². The molecule has 2 aliphatic rings. The molecule has 1 aromatic rings. The van der Waals surface area contributed by atoms with Gasteiger partial charge in [0, 0.05) is 7.05 Å². The van der Waals surface area contributed by atoms with Crippen LogP contribution >= 0.6 is 0 Å². The smallest absolute Gasteiger partial charge is 0.269 e. The number of amides is 1. The van der Waals surface area contributed by atoms with Crippen LogP contribution in [0.4, 0.5) is 5.69 Å². The van der Waals surface area contributed by atoms with Gasteiger partial charge < -0.3 is 15.4 Å². The van der Waals surface area contributed by atoms with Crippen LogP contribution in [0.3, 0.4) is 0 Å². The fourth-order valence-corrected chi connectivity index (χ4v) is 2.08. The van der Waals surface area contributed by atoms with Gasteiger partial charge >= 0.3 is 0 Å². The Morgan fingerprint density at radius 3 is 2.81 bits per heavy atom. The van der Waals surface area contributed by atoms with E-state index < -0.39 is 11.6 Å². The quantitative estimate of drug-likeness (QED) is 0.762. The lowest BCUT2D eigenvalue weighted by Gasteiger charge is -2.34. The Morgan fingerprint density at radius 2 is 2.12 bits per heavy atom. The Bertz CT molecular complexity index is 454. The molecule has 1 atom stereocenters. The van der Waals surface area contributed by atoms with Crippen molar-refractivity contribution in [3.8, 4) is 5.75 Å². The molecule has 0 spiro atoms. The molecule has 2 N–H and O–H groups in total. The predicted molar refractivity (Wildman–Crippen MR) is 60.4 cm³/mol. The minimum absolute atomic E-state index is 0.0429. The first-order valence-electron chi connectivity index (χ1n) is 5.44. The minimum atomic E-state index is -0.521. The number of carbonyl (C=O) groups excluding carboxylic acids is 1. The first-order chi connectivity index (χ1) is 7.62. The van der Waals surface area contributed by atoms with Gasteiger partial charge in [-0.25, -0.2) is 0 Å². The number of anilines is 1. The van der Waals surface area contributed by atoms with E-state index in [0.29, 0.717) is 0 Å². The molecule has 0 radical (unpaired) electrons. The largest absolute Gasteiger partial charge is 0.476 e. The Hall–Kier alpha value is -1.55. The highest BCUT2D eigenvalue weighted by Gasteiger charge is 2.53. The van der Waals surface area contributed by atoms with E-state index in [1.165, 1.54) is 0 Å². The molecular formula is C12H14N2O2. The van der Waals surface area contributed by atoms with Crippen LogP contribution in [0.5, 0.6) is 5.75 Å². The molecule has 0 bridgehead atoms. The number of carbonyl (C=O) groups is 1. The van der Waals surface area contributed by atoms with Crippen molar-refractivity contribution in [2.75, 3.05) is 11.9 Å². The SMILES string of the molecule is CN1C(=O)C(C2(N)CC2)Oc2ccccc21. The van der Waals surface area contributed by atoms with Crippen LogP contribution in [-0.4, -0.2) is 24.6 Å². The van der Waals surface area contributed by atoms with E-state index in [-0.39, 0.29) is 5.91 Å². The molecular weight excluding hydrogens is 204 g/mol. The topological polar surface area (TPSA) is 55.6 Å². The van der Waals surface area contributed by atoms with Crippen molar-refractivity contribution in [1.82, 2.24) is 0 Å². The molecule has 1 aliphatic heterocycles.